The topological polar surface area (TPSA) is 111 Å². The lowest BCUT2D eigenvalue weighted by molar-refractivity contribution is 0.0526. The quantitative estimate of drug-likeness (QED) is 0.432. The first-order chi connectivity index (χ1) is 16.3. The van der Waals surface area contributed by atoms with Gasteiger partial charge >= 0.3 is 11.9 Å². The lowest BCUT2D eigenvalue weighted by Gasteiger charge is -2.09. The zero-order chi connectivity index (χ0) is 24.8. The highest BCUT2D eigenvalue weighted by atomic mass is 35.5. The second-order valence-corrected chi connectivity index (χ2v) is 8.33. The van der Waals surface area contributed by atoms with Gasteiger partial charge in [-0.25, -0.2) is 9.59 Å². The van der Waals surface area contributed by atoms with Crippen LogP contribution >= 0.6 is 22.9 Å². The number of hydrogen-bond acceptors (Lipinski definition) is 7. The van der Waals surface area contributed by atoms with Crippen LogP contribution in [0, 0.1) is 6.92 Å². The van der Waals surface area contributed by atoms with Crippen LogP contribution in [-0.2, 0) is 9.47 Å². The molecule has 0 radical (unpaired) electrons. The Kier molecular flexibility index (Phi) is 8.04. The predicted octanol–water partition coefficient (Wildman–Crippen LogP) is 5.18. The van der Waals surface area contributed by atoms with Gasteiger partial charge in [-0.15, -0.1) is 11.3 Å². The number of methoxy groups -OCH3 is 1. The van der Waals surface area contributed by atoms with Crippen LogP contribution in [0.3, 0.4) is 0 Å². The molecule has 0 saturated carbocycles. The van der Waals surface area contributed by atoms with Crippen molar-refractivity contribution in [3.8, 4) is 0 Å². The number of carbonyl (C=O) groups is 4. The van der Waals surface area contributed by atoms with Gasteiger partial charge in [0.25, 0.3) is 11.8 Å². The van der Waals surface area contributed by atoms with Gasteiger partial charge in [0.05, 0.1) is 46.0 Å². The first-order valence-corrected chi connectivity index (χ1v) is 11.3. The van der Waals surface area contributed by atoms with E-state index in [1.54, 1.807) is 56.3 Å². The largest absolute Gasteiger partial charge is 0.465 e. The summed E-state index contributed by atoms with van der Waals surface area (Å²) in [6.07, 6.45) is 0. The molecule has 0 unspecified atom stereocenters. The summed E-state index contributed by atoms with van der Waals surface area (Å²) in [7, 11) is 1.24. The molecule has 0 fully saturated rings. The van der Waals surface area contributed by atoms with Crippen molar-refractivity contribution < 1.29 is 28.7 Å². The number of esters is 2. The van der Waals surface area contributed by atoms with E-state index in [0.29, 0.717) is 5.56 Å². The van der Waals surface area contributed by atoms with Crippen LogP contribution in [0.15, 0.2) is 48.5 Å². The van der Waals surface area contributed by atoms with E-state index in [-0.39, 0.29) is 43.9 Å². The maximum Gasteiger partial charge on any atom is 0.341 e. The van der Waals surface area contributed by atoms with Crippen molar-refractivity contribution in [1.29, 1.82) is 0 Å². The number of thiophene rings is 1. The molecule has 0 aliphatic carbocycles. The standard InChI is InChI=1S/C24H21ClN2O6S/c1-4-33-24(31)18-13(2)19(21(29)26-17-12-8-6-10-15(17)23(30)32-3)34-22(18)27-20(28)14-9-5-7-11-16(14)25/h5-12H,4H2,1-3H3,(H,26,29)(H,27,28). The first kappa shape index (κ1) is 24.9. The van der Waals surface area contributed by atoms with Crippen LogP contribution in [0.25, 0.3) is 0 Å². The fraction of sp³-hybridized carbons (Fsp3) is 0.167. The Bertz CT molecular complexity index is 1270. The summed E-state index contributed by atoms with van der Waals surface area (Å²) in [6, 6.07) is 12.8. The number of halogens is 1. The molecule has 0 aliphatic rings. The Hall–Kier alpha value is -3.69. The number of nitrogens with one attached hydrogen (secondary N) is 2. The molecule has 0 saturated heterocycles. The zero-order valence-corrected chi connectivity index (χ0v) is 20.1. The number of anilines is 2. The number of benzene rings is 2. The van der Waals surface area contributed by atoms with Crippen molar-refractivity contribution in [3.05, 3.63) is 80.7 Å². The van der Waals surface area contributed by atoms with Gasteiger partial charge in [0, 0.05) is 0 Å². The third-order valence-corrected chi connectivity index (χ3v) is 6.29. The molecule has 1 aromatic heterocycles. The molecular formula is C24H21ClN2O6S. The minimum atomic E-state index is -0.681. The summed E-state index contributed by atoms with van der Waals surface area (Å²) in [5.74, 6) is -2.40. The number of amides is 2. The van der Waals surface area contributed by atoms with Gasteiger partial charge in [0.1, 0.15) is 5.00 Å². The molecule has 0 spiro atoms. The first-order valence-electron chi connectivity index (χ1n) is 10.1. The second-order valence-electron chi connectivity index (χ2n) is 6.91. The predicted molar refractivity (Wildman–Crippen MR) is 130 cm³/mol. The van der Waals surface area contributed by atoms with E-state index >= 15 is 0 Å². The summed E-state index contributed by atoms with van der Waals surface area (Å²) in [6.45, 7) is 3.34. The van der Waals surface area contributed by atoms with E-state index < -0.39 is 23.8 Å². The molecule has 176 valence electrons. The Morgan fingerprint density at radius 2 is 1.56 bits per heavy atom. The molecule has 1 heterocycles. The lowest BCUT2D eigenvalue weighted by Crippen LogP contribution is -2.16. The Morgan fingerprint density at radius 3 is 2.21 bits per heavy atom. The zero-order valence-electron chi connectivity index (χ0n) is 18.6. The number of hydrogen-bond donors (Lipinski definition) is 2. The molecule has 2 N–H and O–H groups in total. The monoisotopic (exact) mass is 500 g/mol. The average Bonchev–Trinajstić information content (AvgIpc) is 3.15. The molecule has 34 heavy (non-hydrogen) atoms. The van der Waals surface area contributed by atoms with E-state index in [9.17, 15) is 19.2 Å². The van der Waals surface area contributed by atoms with E-state index in [2.05, 4.69) is 10.6 Å². The van der Waals surface area contributed by atoms with Gasteiger partial charge in [-0.3, -0.25) is 9.59 Å². The van der Waals surface area contributed by atoms with Gasteiger partial charge in [0.15, 0.2) is 0 Å². The van der Waals surface area contributed by atoms with Gasteiger partial charge in [-0.2, -0.15) is 0 Å². The smallest absolute Gasteiger partial charge is 0.341 e. The van der Waals surface area contributed by atoms with Crippen LogP contribution in [-0.4, -0.2) is 37.5 Å². The fourth-order valence-electron chi connectivity index (χ4n) is 3.14. The molecular weight excluding hydrogens is 480 g/mol. The molecule has 0 bridgehead atoms. The Morgan fingerprint density at radius 1 is 0.912 bits per heavy atom. The van der Waals surface area contributed by atoms with E-state index in [4.69, 9.17) is 21.1 Å². The van der Waals surface area contributed by atoms with Gasteiger partial charge in [0.2, 0.25) is 0 Å². The van der Waals surface area contributed by atoms with Crippen molar-refractivity contribution in [2.24, 2.45) is 0 Å². The normalized spacial score (nSPS) is 10.4. The Balaban J connectivity index is 1.98. The highest BCUT2D eigenvalue weighted by molar-refractivity contribution is 7.19. The minimum absolute atomic E-state index is 0.0682. The molecule has 2 aromatic carbocycles. The molecule has 0 aliphatic heterocycles. The summed E-state index contributed by atoms with van der Waals surface area (Å²) >= 11 is 7.03. The molecule has 2 amide bonds. The van der Waals surface area contributed by atoms with Crippen LogP contribution in [0.5, 0.6) is 0 Å². The molecule has 8 nitrogen and oxygen atoms in total. The van der Waals surface area contributed by atoms with Crippen LogP contribution in [0.2, 0.25) is 5.02 Å². The summed E-state index contributed by atoms with van der Waals surface area (Å²) in [4.78, 5) is 50.8. The van der Waals surface area contributed by atoms with Crippen molar-refractivity contribution in [2.45, 2.75) is 13.8 Å². The van der Waals surface area contributed by atoms with Crippen LogP contribution in [0.4, 0.5) is 10.7 Å². The van der Waals surface area contributed by atoms with Gasteiger partial charge in [-0.1, -0.05) is 35.9 Å². The Labute approximate surface area is 204 Å². The third-order valence-electron chi connectivity index (χ3n) is 4.76. The highest BCUT2D eigenvalue weighted by Crippen LogP contribution is 2.35. The van der Waals surface area contributed by atoms with Crippen molar-refractivity contribution in [3.63, 3.8) is 0 Å². The van der Waals surface area contributed by atoms with Gasteiger partial charge in [-0.05, 0) is 43.7 Å². The van der Waals surface area contributed by atoms with Crippen LogP contribution in [0.1, 0.15) is 53.2 Å². The minimum Gasteiger partial charge on any atom is -0.465 e. The van der Waals surface area contributed by atoms with E-state index in [0.717, 1.165) is 11.3 Å². The molecule has 10 heteroatoms. The summed E-state index contributed by atoms with van der Waals surface area (Å²) in [5, 5.41) is 5.72. The van der Waals surface area contributed by atoms with Crippen molar-refractivity contribution in [1.82, 2.24) is 0 Å². The maximum absolute atomic E-state index is 13.1. The number of ether oxygens (including phenoxy) is 2. The highest BCUT2D eigenvalue weighted by Gasteiger charge is 2.28. The maximum atomic E-state index is 13.1. The number of para-hydroxylation sites is 1. The molecule has 0 atom stereocenters. The second kappa shape index (κ2) is 11.0. The van der Waals surface area contributed by atoms with Crippen molar-refractivity contribution >= 4 is 57.4 Å². The average molecular weight is 501 g/mol. The SMILES string of the molecule is CCOC(=O)c1c(NC(=O)c2ccccc2Cl)sc(C(=O)Nc2ccccc2C(=O)OC)c1C. The summed E-state index contributed by atoms with van der Waals surface area (Å²) in [5.41, 5.74) is 1.02. The number of carbonyl (C=O) groups excluding carboxylic acids is 4. The number of rotatable bonds is 7. The van der Waals surface area contributed by atoms with Crippen molar-refractivity contribution in [2.75, 3.05) is 24.4 Å². The van der Waals surface area contributed by atoms with Crippen LogP contribution < -0.4 is 10.6 Å². The van der Waals surface area contributed by atoms with Gasteiger partial charge < -0.3 is 20.1 Å². The lowest BCUT2D eigenvalue weighted by atomic mass is 10.1. The molecule has 3 rings (SSSR count). The fourth-order valence-corrected chi connectivity index (χ4v) is 4.45. The third kappa shape index (κ3) is 5.27. The summed E-state index contributed by atoms with van der Waals surface area (Å²) < 4.78 is 9.89. The van der Waals surface area contributed by atoms with E-state index in [1.165, 1.54) is 13.2 Å². The molecule has 3 aromatic rings. The van der Waals surface area contributed by atoms with E-state index in [1.807, 2.05) is 0 Å².